The van der Waals surface area contributed by atoms with Gasteiger partial charge in [-0.15, -0.1) is 0 Å². The van der Waals surface area contributed by atoms with Crippen molar-refractivity contribution >= 4 is 31.9 Å². The fourth-order valence-electron chi connectivity index (χ4n) is 1.67. The number of hydrogen-bond donors (Lipinski definition) is 1. The molecule has 18 heavy (non-hydrogen) atoms. The predicted molar refractivity (Wildman–Crippen MR) is 79.3 cm³/mol. The van der Waals surface area contributed by atoms with E-state index >= 15 is 0 Å². The maximum Gasteiger partial charge on any atom is 0.181 e. The van der Waals surface area contributed by atoms with E-state index < -0.39 is 0 Å². The van der Waals surface area contributed by atoms with Crippen LogP contribution in [0.1, 0.15) is 19.0 Å². The molecule has 3 nitrogen and oxygen atoms in total. The van der Waals surface area contributed by atoms with E-state index in [1.165, 1.54) is 6.39 Å². The first-order valence-corrected chi connectivity index (χ1v) is 7.39. The number of nitrogens with zero attached hydrogens (tertiary/aromatic N) is 1. The summed E-state index contributed by atoms with van der Waals surface area (Å²) in [7, 11) is 0. The second-order valence-corrected chi connectivity index (χ2v) is 5.70. The zero-order valence-electron chi connectivity index (χ0n) is 10.0. The lowest BCUT2D eigenvalue weighted by Crippen LogP contribution is -2.14. The van der Waals surface area contributed by atoms with Crippen molar-refractivity contribution in [2.75, 3.05) is 6.54 Å². The van der Waals surface area contributed by atoms with Gasteiger partial charge in [-0.3, -0.25) is 0 Å². The lowest BCUT2D eigenvalue weighted by Gasteiger charge is -2.05. The van der Waals surface area contributed by atoms with Crippen LogP contribution in [0.4, 0.5) is 0 Å². The fourth-order valence-corrected chi connectivity index (χ4v) is 2.90. The van der Waals surface area contributed by atoms with Gasteiger partial charge in [0.1, 0.15) is 5.69 Å². The zero-order chi connectivity index (χ0) is 13.0. The highest BCUT2D eigenvalue weighted by Gasteiger charge is 2.13. The third-order valence-electron chi connectivity index (χ3n) is 2.54. The Kier molecular flexibility index (Phi) is 4.97. The number of oxazole rings is 1. The van der Waals surface area contributed by atoms with Crippen LogP contribution in [0, 0.1) is 0 Å². The van der Waals surface area contributed by atoms with Gasteiger partial charge in [0.25, 0.3) is 0 Å². The van der Waals surface area contributed by atoms with E-state index in [1.807, 2.05) is 18.2 Å². The summed E-state index contributed by atoms with van der Waals surface area (Å²) in [5.41, 5.74) is 1.95. The second-order valence-electron chi connectivity index (χ2n) is 3.93. The first-order valence-electron chi connectivity index (χ1n) is 5.81. The lowest BCUT2D eigenvalue weighted by atomic mass is 10.1. The molecule has 0 atom stereocenters. The Balaban J connectivity index is 2.25. The van der Waals surface area contributed by atoms with Crippen molar-refractivity contribution < 1.29 is 4.42 Å². The van der Waals surface area contributed by atoms with E-state index in [0.29, 0.717) is 0 Å². The highest BCUT2D eigenvalue weighted by atomic mass is 79.9. The van der Waals surface area contributed by atoms with E-state index in [4.69, 9.17) is 4.42 Å². The second kappa shape index (κ2) is 6.50. The molecule has 1 N–H and O–H groups in total. The lowest BCUT2D eigenvalue weighted by molar-refractivity contribution is 0.569. The molecule has 1 heterocycles. The summed E-state index contributed by atoms with van der Waals surface area (Å²) in [6.45, 7) is 3.85. The van der Waals surface area contributed by atoms with Crippen molar-refractivity contribution in [3.8, 4) is 11.3 Å². The van der Waals surface area contributed by atoms with Crippen LogP contribution >= 0.6 is 31.9 Å². The molecule has 1 aromatic heterocycles. The molecular formula is C13H14Br2N2O. The van der Waals surface area contributed by atoms with Crippen LogP contribution in [0.25, 0.3) is 11.3 Å². The van der Waals surface area contributed by atoms with Crippen LogP contribution in [-0.4, -0.2) is 11.5 Å². The van der Waals surface area contributed by atoms with E-state index in [9.17, 15) is 0 Å². The Morgan fingerprint density at radius 1 is 1.33 bits per heavy atom. The number of aromatic nitrogens is 1. The molecule has 0 amide bonds. The Morgan fingerprint density at radius 2 is 2.17 bits per heavy atom. The summed E-state index contributed by atoms with van der Waals surface area (Å²) in [5.74, 6) is 0.818. The minimum absolute atomic E-state index is 0.724. The van der Waals surface area contributed by atoms with Gasteiger partial charge >= 0.3 is 0 Å². The molecule has 5 heteroatoms. The topological polar surface area (TPSA) is 38.1 Å². The van der Waals surface area contributed by atoms with Gasteiger partial charge in [0.05, 0.1) is 0 Å². The van der Waals surface area contributed by atoms with Crippen molar-refractivity contribution in [2.24, 2.45) is 0 Å². The highest BCUT2D eigenvalue weighted by Crippen LogP contribution is 2.32. The average Bonchev–Trinajstić information content (AvgIpc) is 2.78. The number of nitrogens with one attached hydrogen (secondary N) is 1. The third-order valence-corrected chi connectivity index (χ3v) is 3.69. The Labute approximate surface area is 123 Å². The molecule has 0 unspecified atom stereocenters. The van der Waals surface area contributed by atoms with E-state index in [-0.39, 0.29) is 0 Å². The predicted octanol–water partition coefficient (Wildman–Crippen LogP) is 4.37. The van der Waals surface area contributed by atoms with Crippen molar-refractivity contribution in [1.82, 2.24) is 10.3 Å². The van der Waals surface area contributed by atoms with Crippen molar-refractivity contribution in [3.05, 3.63) is 39.2 Å². The summed E-state index contributed by atoms with van der Waals surface area (Å²) in [6.07, 6.45) is 2.60. The minimum atomic E-state index is 0.724. The number of hydrogen-bond acceptors (Lipinski definition) is 3. The van der Waals surface area contributed by atoms with Gasteiger partial charge < -0.3 is 9.73 Å². The highest BCUT2D eigenvalue weighted by molar-refractivity contribution is 9.11. The summed E-state index contributed by atoms with van der Waals surface area (Å²) in [4.78, 5) is 4.27. The molecule has 0 spiro atoms. The molecule has 0 radical (unpaired) electrons. The molecule has 0 bridgehead atoms. The van der Waals surface area contributed by atoms with Crippen molar-refractivity contribution in [2.45, 2.75) is 19.9 Å². The monoisotopic (exact) mass is 372 g/mol. The summed E-state index contributed by atoms with van der Waals surface area (Å²) in [6, 6.07) is 6.00. The third kappa shape index (κ3) is 3.22. The molecule has 1 aromatic carbocycles. The van der Waals surface area contributed by atoms with Crippen LogP contribution in [0.5, 0.6) is 0 Å². The molecule has 0 aliphatic carbocycles. The molecule has 0 fully saturated rings. The normalized spacial score (nSPS) is 10.8. The van der Waals surface area contributed by atoms with Gasteiger partial charge in [0.2, 0.25) is 0 Å². The molecule has 0 saturated heterocycles. The van der Waals surface area contributed by atoms with Crippen LogP contribution in [0.15, 0.2) is 38.0 Å². The quantitative estimate of drug-likeness (QED) is 0.791. The summed E-state index contributed by atoms with van der Waals surface area (Å²) < 4.78 is 7.53. The largest absolute Gasteiger partial charge is 0.443 e. The molecule has 2 aromatic rings. The van der Waals surface area contributed by atoms with Gasteiger partial charge in [0.15, 0.2) is 12.2 Å². The molecule has 96 valence electrons. The van der Waals surface area contributed by atoms with Crippen LogP contribution in [-0.2, 0) is 6.54 Å². The van der Waals surface area contributed by atoms with Gasteiger partial charge in [0, 0.05) is 21.1 Å². The van der Waals surface area contributed by atoms with Crippen molar-refractivity contribution in [3.63, 3.8) is 0 Å². The fraction of sp³-hybridized carbons (Fsp3) is 0.308. The first-order chi connectivity index (χ1) is 8.72. The number of benzene rings is 1. The summed E-state index contributed by atoms with van der Waals surface area (Å²) in [5, 5.41) is 3.33. The maximum atomic E-state index is 5.51. The van der Waals surface area contributed by atoms with E-state index in [1.54, 1.807) is 0 Å². The zero-order valence-corrected chi connectivity index (χ0v) is 13.2. The van der Waals surface area contributed by atoms with Crippen LogP contribution in [0.2, 0.25) is 0 Å². The molecular weight excluding hydrogens is 360 g/mol. The number of halogens is 2. The first kappa shape index (κ1) is 13.8. The minimum Gasteiger partial charge on any atom is -0.443 e. The SMILES string of the molecule is CCCNCc1ncoc1-c1ccc(Br)cc1Br. The van der Waals surface area contributed by atoms with Crippen LogP contribution < -0.4 is 5.32 Å². The molecule has 2 rings (SSSR count). The molecule has 0 saturated carbocycles. The van der Waals surface area contributed by atoms with Gasteiger partial charge in [-0.25, -0.2) is 4.98 Å². The van der Waals surface area contributed by atoms with Crippen molar-refractivity contribution in [1.29, 1.82) is 0 Å². The van der Waals surface area contributed by atoms with Gasteiger partial charge in [-0.2, -0.15) is 0 Å². The Bertz CT molecular complexity index is 525. The van der Waals surface area contributed by atoms with Gasteiger partial charge in [-0.05, 0) is 47.1 Å². The smallest absolute Gasteiger partial charge is 0.181 e. The number of rotatable bonds is 5. The molecule has 0 aliphatic heterocycles. The molecule has 0 aliphatic rings. The summed E-state index contributed by atoms with van der Waals surface area (Å²) >= 11 is 6.99. The van der Waals surface area contributed by atoms with Gasteiger partial charge in [-0.1, -0.05) is 22.9 Å². The Hall–Kier alpha value is -0.650. The Morgan fingerprint density at radius 3 is 2.89 bits per heavy atom. The van der Waals surface area contributed by atoms with E-state index in [0.717, 1.165) is 45.5 Å². The average molecular weight is 374 g/mol. The van der Waals surface area contributed by atoms with E-state index in [2.05, 4.69) is 49.1 Å². The maximum absolute atomic E-state index is 5.51. The standard InChI is InChI=1S/C13H14Br2N2O/c1-2-5-16-7-12-13(18-8-17-12)10-4-3-9(14)6-11(10)15/h3-4,6,8,16H,2,5,7H2,1H3. The van der Waals surface area contributed by atoms with Crippen LogP contribution in [0.3, 0.4) is 0 Å².